The number of hydrogen-bond acceptors (Lipinski definition) is 4. The second-order valence-electron chi connectivity index (χ2n) is 6.08. The zero-order valence-corrected chi connectivity index (χ0v) is 16.7. The maximum Gasteiger partial charge on any atom is 0.138 e. The minimum Gasteiger partial charge on any atom is -0.457 e. The summed E-state index contributed by atoms with van der Waals surface area (Å²) < 4.78 is 6.15. The highest BCUT2D eigenvalue weighted by atomic mass is 16.5. The van der Waals surface area contributed by atoms with E-state index in [0.717, 1.165) is 41.1 Å². The highest BCUT2D eigenvalue weighted by Crippen LogP contribution is 2.30. The maximum atomic E-state index is 6.15. The molecule has 144 valence electrons. The molecule has 1 aromatic heterocycles. The van der Waals surface area contributed by atoms with Crippen molar-refractivity contribution in [3.05, 3.63) is 60.8 Å². The largest absolute Gasteiger partial charge is 0.457 e. The van der Waals surface area contributed by atoms with Gasteiger partial charge in [0.2, 0.25) is 0 Å². The average Bonchev–Trinajstić information content (AvgIpc) is 2.73. The molecule has 27 heavy (non-hydrogen) atoms. The number of anilines is 1. The first kappa shape index (κ1) is 20.7. The highest BCUT2D eigenvalue weighted by molar-refractivity contribution is 5.84. The van der Waals surface area contributed by atoms with Gasteiger partial charge in [-0.15, -0.1) is 0 Å². The summed E-state index contributed by atoms with van der Waals surface area (Å²) in [6.07, 6.45) is 5.35. The van der Waals surface area contributed by atoms with Crippen LogP contribution in [0.4, 0.5) is 5.69 Å². The van der Waals surface area contributed by atoms with Gasteiger partial charge in [-0.2, -0.15) is 0 Å². The van der Waals surface area contributed by atoms with Gasteiger partial charge in [-0.1, -0.05) is 51.8 Å². The monoisotopic (exact) mass is 365 g/mol. The Morgan fingerprint density at radius 3 is 2.59 bits per heavy atom. The molecular weight excluding hydrogens is 334 g/mol. The fourth-order valence-electron chi connectivity index (χ4n) is 2.91. The van der Waals surface area contributed by atoms with Crippen LogP contribution < -0.4 is 15.4 Å². The number of unbranched alkanes of at least 4 members (excludes halogenated alkanes) is 2. The number of nitrogens with two attached hydrogens (primary N) is 1. The second kappa shape index (κ2) is 11.2. The molecule has 0 fully saturated rings. The molecule has 4 heteroatoms. The normalized spacial score (nSPS) is 10.2. The topological polar surface area (TPSA) is 51.4 Å². The van der Waals surface area contributed by atoms with Crippen molar-refractivity contribution in [2.45, 2.75) is 40.0 Å². The number of para-hydroxylation sites is 1. The van der Waals surface area contributed by atoms with Crippen LogP contribution in [0.2, 0.25) is 0 Å². The quantitative estimate of drug-likeness (QED) is 0.395. The zero-order chi connectivity index (χ0) is 19.5. The molecule has 3 aromatic rings. The van der Waals surface area contributed by atoms with Crippen LogP contribution in [0.3, 0.4) is 0 Å². The van der Waals surface area contributed by atoms with Gasteiger partial charge in [0.05, 0.1) is 12.2 Å². The van der Waals surface area contributed by atoms with Crippen molar-refractivity contribution >= 4 is 16.6 Å². The summed E-state index contributed by atoms with van der Waals surface area (Å²) in [5.41, 5.74) is 7.96. The van der Waals surface area contributed by atoms with Crippen molar-refractivity contribution in [2.24, 2.45) is 5.73 Å². The standard InChI is InChI=1S/C21H25N3O.C2H6/c1-2-3-6-14-24(16-22)17-8-7-9-18(15-17)25-21-12-13-23-20-11-5-4-10-19(20)21;1-2/h4-5,7-13,15H,2-3,6,14,16,22H2,1H3;1-2H3. The molecule has 0 spiro atoms. The van der Waals surface area contributed by atoms with Gasteiger partial charge >= 0.3 is 0 Å². The summed E-state index contributed by atoms with van der Waals surface area (Å²) in [4.78, 5) is 6.57. The number of rotatable bonds is 8. The van der Waals surface area contributed by atoms with E-state index in [-0.39, 0.29) is 0 Å². The summed E-state index contributed by atoms with van der Waals surface area (Å²) >= 11 is 0. The predicted molar refractivity (Wildman–Crippen MR) is 116 cm³/mol. The van der Waals surface area contributed by atoms with Gasteiger partial charge in [-0.25, -0.2) is 0 Å². The molecule has 0 saturated heterocycles. The fraction of sp³-hybridized carbons (Fsp3) is 0.348. The van der Waals surface area contributed by atoms with Gasteiger partial charge in [0.15, 0.2) is 0 Å². The van der Waals surface area contributed by atoms with Crippen LogP contribution >= 0.6 is 0 Å². The van der Waals surface area contributed by atoms with Gasteiger partial charge < -0.3 is 15.4 Å². The molecule has 4 nitrogen and oxygen atoms in total. The molecule has 0 unspecified atom stereocenters. The van der Waals surface area contributed by atoms with E-state index >= 15 is 0 Å². The number of hydrogen-bond donors (Lipinski definition) is 1. The average molecular weight is 366 g/mol. The summed E-state index contributed by atoms with van der Waals surface area (Å²) in [5.74, 6) is 1.62. The van der Waals surface area contributed by atoms with Crippen LogP contribution in [0.25, 0.3) is 10.9 Å². The molecular formula is C23H31N3O. The Hall–Kier alpha value is -2.59. The van der Waals surface area contributed by atoms with Gasteiger partial charge in [0.1, 0.15) is 11.5 Å². The van der Waals surface area contributed by atoms with Crippen LogP contribution in [0.15, 0.2) is 60.8 Å². The number of ether oxygens (including phenoxy) is 1. The molecule has 2 aromatic carbocycles. The van der Waals surface area contributed by atoms with Crippen molar-refractivity contribution < 1.29 is 4.74 Å². The van der Waals surface area contributed by atoms with Gasteiger partial charge in [0, 0.05) is 29.9 Å². The van der Waals surface area contributed by atoms with Crippen molar-refractivity contribution in [1.82, 2.24) is 4.98 Å². The summed E-state index contributed by atoms with van der Waals surface area (Å²) in [6.45, 7) is 7.68. The molecule has 0 radical (unpaired) electrons. The van der Waals surface area contributed by atoms with E-state index < -0.39 is 0 Å². The Kier molecular flexibility index (Phi) is 8.59. The molecule has 0 amide bonds. The minimum absolute atomic E-state index is 0.505. The summed E-state index contributed by atoms with van der Waals surface area (Å²) in [7, 11) is 0. The minimum atomic E-state index is 0.505. The summed E-state index contributed by atoms with van der Waals surface area (Å²) in [5, 5.41) is 1.01. The van der Waals surface area contributed by atoms with E-state index in [9.17, 15) is 0 Å². The first-order valence-electron chi connectivity index (χ1n) is 9.88. The first-order valence-corrected chi connectivity index (χ1v) is 9.88. The lowest BCUT2D eigenvalue weighted by atomic mass is 10.2. The lowest BCUT2D eigenvalue weighted by molar-refractivity contribution is 0.487. The third-order valence-corrected chi connectivity index (χ3v) is 4.27. The van der Waals surface area contributed by atoms with Gasteiger partial charge in [-0.05, 0) is 36.8 Å². The predicted octanol–water partition coefficient (Wildman–Crippen LogP) is 5.97. The Balaban J connectivity index is 0.00000126. The Morgan fingerprint density at radius 1 is 1.00 bits per heavy atom. The Morgan fingerprint density at radius 2 is 1.81 bits per heavy atom. The molecule has 0 bridgehead atoms. The van der Waals surface area contributed by atoms with Crippen molar-refractivity contribution in [2.75, 3.05) is 18.1 Å². The van der Waals surface area contributed by atoms with Crippen LogP contribution in [-0.4, -0.2) is 18.2 Å². The maximum absolute atomic E-state index is 6.15. The molecule has 0 aliphatic rings. The van der Waals surface area contributed by atoms with Crippen molar-refractivity contribution in [3.8, 4) is 11.5 Å². The first-order chi connectivity index (χ1) is 13.3. The fourth-order valence-corrected chi connectivity index (χ4v) is 2.91. The highest BCUT2D eigenvalue weighted by Gasteiger charge is 2.08. The number of fused-ring (bicyclic) bond motifs is 1. The van der Waals surface area contributed by atoms with E-state index in [1.165, 1.54) is 12.8 Å². The molecule has 3 rings (SSSR count). The van der Waals surface area contributed by atoms with E-state index in [1.807, 2.05) is 62.4 Å². The van der Waals surface area contributed by atoms with Gasteiger partial charge in [-0.3, -0.25) is 4.98 Å². The third-order valence-electron chi connectivity index (χ3n) is 4.27. The van der Waals surface area contributed by atoms with Gasteiger partial charge in [0.25, 0.3) is 0 Å². The van der Waals surface area contributed by atoms with E-state index in [1.54, 1.807) is 6.20 Å². The Labute approximate surface area is 163 Å². The molecule has 2 N–H and O–H groups in total. The van der Waals surface area contributed by atoms with Crippen molar-refractivity contribution in [1.29, 1.82) is 0 Å². The lowest BCUT2D eigenvalue weighted by Crippen LogP contribution is -2.30. The number of pyridine rings is 1. The van der Waals surface area contributed by atoms with Crippen LogP contribution in [0, 0.1) is 0 Å². The molecule has 0 saturated carbocycles. The molecule has 0 atom stereocenters. The van der Waals surface area contributed by atoms with Crippen LogP contribution in [0.1, 0.15) is 40.0 Å². The second-order valence-corrected chi connectivity index (χ2v) is 6.08. The van der Waals surface area contributed by atoms with Crippen LogP contribution in [0.5, 0.6) is 11.5 Å². The SMILES string of the molecule is CC.CCCCCN(CN)c1cccc(Oc2ccnc3ccccc23)c1. The van der Waals surface area contributed by atoms with E-state index in [2.05, 4.69) is 22.9 Å². The molecule has 0 aliphatic heterocycles. The molecule has 0 aliphatic carbocycles. The molecule has 1 heterocycles. The zero-order valence-electron chi connectivity index (χ0n) is 16.7. The van der Waals surface area contributed by atoms with Crippen LogP contribution in [-0.2, 0) is 0 Å². The Bertz CT molecular complexity index is 814. The number of benzene rings is 2. The number of nitrogens with zero attached hydrogens (tertiary/aromatic N) is 2. The van der Waals surface area contributed by atoms with Crippen molar-refractivity contribution in [3.63, 3.8) is 0 Å². The lowest BCUT2D eigenvalue weighted by Gasteiger charge is -2.23. The number of aromatic nitrogens is 1. The van der Waals surface area contributed by atoms with E-state index in [4.69, 9.17) is 10.5 Å². The summed E-state index contributed by atoms with van der Waals surface area (Å²) in [6, 6.07) is 18.0. The smallest absolute Gasteiger partial charge is 0.138 e. The van der Waals surface area contributed by atoms with E-state index in [0.29, 0.717) is 6.67 Å². The third kappa shape index (κ3) is 5.69.